The molecule has 0 fully saturated rings. The third-order valence-corrected chi connectivity index (χ3v) is 2.94. The lowest BCUT2D eigenvalue weighted by atomic mass is 10.4. The van der Waals surface area contributed by atoms with E-state index in [9.17, 15) is 0 Å². The summed E-state index contributed by atoms with van der Waals surface area (Å²) in [5, 5.41) is 2.73. The van der Waals surface area contributed by atoms with Gasteiger partial charge in [-0.3, -0.25) is 4.98 Å². The summed E-state index contributed by atoms with van der Waals surface area (Å²) in [6.45, 7) is 1.13. The molecule has 0 aliphatic heterocycles. The molecule has 0 saturated carbocycles. The highest BCUT2D eigenvalue weighted by Crippen LogP contribution is 2.12. The minimum atomic E-state index is 0.498. The lowest BCUT2D eigenvalue weighted by molar-refractivity contribution is 0.106. The second kappa shape index (κ2) is 5.26. The normalized spacial score (nSPS) is 10.5. The Morgan fingerprint density at radius 1 is 1.33 bits per heavy atom. The Morgan fingerprint density at radius 3 is 3.00 bits per heavy atom. The molecule has 2 heterocycles. The first-order valence-corrected chi connectivity index (χ1v) is 5.81. The quantitative estimate of drug-likeness (QED) is 0.815. The molecule has 0 amide bonds. The zero-order valence-corrected chi connectivity index (χ0v) is 9.59. The van der Waals surface area contributed by atoms with Crippen molar-refractivity contribution in [3.05, 3.63) is 51.4 Å². The minimum absolute atomic E-state index is 0.498. The number of pyridine rings is 1. The summed E-state index contributed by atoms with van der Waals surface area (Å²) in [5.41, 5.74) is 0.860. The van der Waals surface area contributed by atoms with E-state index >= 15 is 0 Å². The summed E-state index contributed by atoms with van der Waals surface area (Å²) in [5.74, 6) is 0. The topological polar surface area (TPSA) is 22.1 Å². The molecule has 0 radical (unpaired) electrons. The number of thiophene rings is 1. The Kier molecular flexibility index (Phi) is 3.72. The molecule has 15 heavy (non-hydrogen) atoms. The smallest absolute Gasteiger partial charge is 0.0893 e. The Morgan fingerprint density at radius 2 is 2.27 bits per heavy atom. The predicted octanol–water partition coefficient (Wildman–Crippen LogP) is 3.51. The van der Waals surface area contributed by atoms with Crippen molar-refractivity contribution in [3.63, 3.8) is 0 Å². The van der Waals surface area contributed by atoms with Crippen molar-refractivity contribution in [1.29, 1.82) is 0 Å². The van der Waals surface area contributed by atoms with Crippen molar-refractivity contribution in [3.8, 4) is 0 Å². The summed E-state index contributed by atoms with van der Waals surface area (Å²) in [7, 11) is 0. The third kappa shape index (κ3) is 3.30. The van der Waals surface area contributed by atoms with E-state index in [2.05, 4.69) is 11.1 Å². The van der Waals surface area contributed by atoms with Gasteiger partial charge in [0.25, 0.3) is 0 Å². The minimum Gasteiger partial charge on any atom is -0.370 e. The number of halogens is 1. The Hall–Kier alpha value is -0.900. The molecular formula is C11H10ClNOS. The summed E-state index contributed by atoms with van der Waals surface area (Å²) >= 11 is 7.52. The third-order valence-electron chi connectivity index (χ3n) is 1.85. The van der Waals surface area contributed by atoms with Gasteiger partial charge in [0.05, 0.1) is 18.9 Å². The van der Waals surface area contributed by atoms with Crippen molar-refractivity contribution in [2.24, 2.45) is 0 Å². The van der Waals surface area contributed by atoms with Gasteiger partial charge in [0.2, 0.25) is 0 Å². The van der Waals surface area contributed by atoms with E-state index in [-0.39, 0.29) is 0 Å². The highest BCUT2D eigenvalue weighted by Gasteiger charge is 1.97. The molecule has 0 spiro atoms. The molecule has 0 bridgehead atoms. The van der Waals surface area contributed by atoms with Gasteiger partial charge in [0.15, 0.2) is 0 Å². The van der Waals surface area contributed by atoms with Crippen LogP contribution in [0.1, 0.15) is 10.6 Å². The molecule has 0 aromatic carbocycles. The monoisotopic (exact) mass is 239 g/mol. The van der Waals surface area contributed by atoms with Crippen molar-refractivity contribution < 1.29 is 4.74 Å². The average Bonchev–Trinajstić information content (AvgIpc) is 2.71. The van der Waals surface area contributed by atoms with E-state index < -0.39 is 0 Å². The predicted molar refractivity (Wildman–Crippen MR) is 62.1 cm³/mol. The van der Waals surface area contributed by atoms with Crippen LogP contribution in [0.15, 0.2) is 35.8 Å². The molecule has 0 unspecified atom stereocenters. The molecular weight excluding hydrogens is 230 g/mol. The Balaban J connectivity index is 1.83. The van der Waals surface area contributed by atoms with Crippen molar-refractivity contribution in [1.82, 2.24) is 4.98 Å². The van der Waals surface area contributed by atoms with Crippen molar-refractivity contribution in [2.45, 2.75) is 13.2 Å². The van der Waals surface area contributed by atoms with Gasteiger partial charge in [0.1, 0.15) is 0 Å². The van der Waals surface area contributed by atoms with Crippen LogP contribution in [-0.4, -0.2) is 4.98 Å². The van der Waals surface area contributed by atoms with Gasteiger partial charge in [-0.25, -0.2) is 0 Å². The number of hydrogen-bond acceptors (Lipinski definition) is 3. The van der Waals surface area contributed by atoms with E-state index in [4.69, 9.17) is 16.3 Å². The van der Waals surface area contributed by atoms with Gasteiger partial charge in [-0.05, 0) is 23.6 Å². The molecule has 0 atom stereocenters. The standard InChI is InChI=1S/C11H10ClNOS/c12-9-3-4-13-10(6-9)7-14-8-11-2-1-5-15-11/h1-6H,7-8H2. The van der Waals surface area contributed by atoms with Crippen LogP contribution in [0.3, 0.4) is 0 Å². The lowest BCUT2D eigenvalue weighted by Crippen LogP contribution is -1.94. The molecule has 0 N–H and O–H groups in total. The van der Waals surface area contributed by atoms with Crippen molar-refractivity contribution >= 4 is 22.9 Å². The first-order chi connectivity index (χ1) is 7.34. The van der Waals surface area contributed by atoms with Crippen LogP contribution in [-0.2, 0) is 18.0 Å². The fourth-order valence-corrected chi connectivity index (χ4v) is 2.00. The first kappa shape index (κ1) is 10.6. The number of aromatic nitrogens is 1. The molecule has 2 aromatic rings. The van der Waals surface area contributed by atoms with Crippen LogP contribution in [0.25, 0.3) is 0 Å². The maximum Gasteiger partial charge on any atom is 0.0893 e. The van der Waals surface area contributed by atoms with E-state index in [0.29, 0.717) is 18.2 Å². The molecule has 2 rings (SSSR count). The van der Waals surface area contributed by atoms with Gasteiger partial charge in [-0.15, -0.1) is 11.3 Å². The van der Waals surface area contributed by atoms with Crippen LogP contribution in [0.5, 0.6) is 0 Å². The van der Waals surface area contributed by atoms with Gasteiger partial charge in [-0.1, -0.05) is 17.7 Å². The summed E-state index contributed by atoms with van der Waals surface area (Å²) in [6.07, 6.45) is 1.69. The average molecular weight is 240 g/mol. The van der Waals surface area contributed by atoms with Crippen LogP contribution in [0.2, 0.25) is 5.02 Å². The molecule has 4 heteroatoms. The summed E-state index contributed by atoms with van der Waals surface area (Å²) < 4.78 is 5.51. The van der Waals surface area contributed by atoms with Crippen LogP contribution < -0.4 is 0 Å². The lowest BCUT2D eigenvalue weighted by Gasteiger charge is -2.02. The maximum absolute atomic E-state index is 5.83. The molecule has 0 aliphatic rings. The molecule has 0 aliphatic carbocycles. The molecule has 2 aromatic heterocycles. The fourth-order valence-electron chi connectivity index (χ4n) is 1.18. The number of hydrogen-bond donors (Lipinski definition) is 0. The van der Waals surface area contributed by atoms with Crippen LogP contribution in [0.4, 0.5) is 0 Å². The number of ether oxygens (including phenoxy) is 1. The Labute approximate surface area is 97.5 Å². The number of nitrogens with zero attached hydrogens (tertiary/aromatic N) is 1. The van der Waals surface area contributed by atoms with Gasteiger partial charge in [-0.2, -0.15) is 0 Å². The second-order valence-electron chi connectivity index (χ2n) is 3.04. The van der Waals surface area contributed by atoms with Gasteiger partial charge >= 0.3 is 0 Å². The zero-order valence-electron chi connectivity index (χ0n) is 8.02. The van der Waals surface area contributed by atoms with E-state index in [1.165, 1.54) is 4.88 Å². The van der Waals surface area contributed by atoms with Crippen LogP contribution in [0, 0.1) is 0 Å². The van der Waals surface area contributed by atoms with E-state index in [0.717, 1.165) is 5.69 Å². The second-order valence-corrected chi connectivity index (χ2v) is 4.51. The summed E-state index contributed by atoms with van der Waals surface area (Å²) in [4.78, 5) is 5.37. The highest BCUT2D eigenvalue weighted by molar-refractivity contribution is 7.09. The number of rotatable bonds is 4. The zero-order chi connectivity index (χ0) is 10.5. The Bertz CT molecular complexity index is 416. The van der Waals surface area contributed by atoms with E-state index in [1.807, 2.05) is 17.5 Å². The van der Waals surface area contributed by atoms with Crippen LogP contribution >= 0.6 is 22.9 Å². The highest BCUT2D eigenvalue weighted by atomic mass is 35.5. The SMILES string of the molecule is Clc1ccnc(COCc2cccs2)c1. The van der Waals surface area contributed by atoms with E-state index in [1.54, 1.807) is 23.6 Å². The van der Waals surface area contributed by atoms with Gasteiger partial charge in [0, 0.05) is 16.1 Å². The van der Waals surface area contributed by atoms with Crippen molar-refractivity contribution in [2.75, 3.05) is 0 Å². The molecule has 78 valence electrons. The fraction of sp³-hybridized carbons (Fsp3) is 0.182. The molecule has 2 nitrogen and oxygen atoms in total. The largest absolute Gasteiger partial charge is 0.370 e. The first-order valence-electron chi connectivity index (χ1n) is 4.55. The van der Waals surface area contributed by atoms with Gasteiger partial charge < -0.3 is 4.74 Å². The summed E-state index contributed by atoms with van der Waals surface area (Å²) in [6, 6.07) is 7.64. The maximum atomic E-state index is 5.83. The molecule has 0 saturated heterocycles.